The van der Waals surface area contributed by atoms with E-state index in [4.69, 9.17) is 0 Å². The molecule has 28 heavy (non-hydrogen) atoms. The molecule has 1 aromatic carbocycles. The van der Waals surface area contributed by atoms with Gasteiger partial charge in [-0.25, -0.2) is 0 Å². The van der Waals surface area contributed by atoms with Crippen molar-refractivity contribution in [2.75, 3.05) is 22.9 Å². The lowest BCUT2D eigenvalue weighted by Gasteiger charge is -2.52. The topological polar surface area (TPSA) is 6.48 Å². The van der Waals surface area contributed by atoms with Crippen LogP contribution in [0, 0.1) is 0 Å². The summed E-state index contributed by atoms with van der Waals surface area (Å²) in [6.07, 6.45) is 12.5. The number of nitrogens with zero attached hydrogens (tertiary/aromatic N) is 2. The monoisotopic (exact) mass is 386 g/mol. The molecule has 2 unspecified atom stereocenters. The smallest absolute Gasteiger partial charge is 0.0642 e. The number of rotatable bonds is 12. The lowest BCUT2D eigenvalue weighted by molar-refractivity contribution is 0.389. The van der Waals surface area contributed by atoms with Gasteiger partial charge in [0, 0.05) is 25.2 Å². The maximum atomic E-state index is 2.86. The molecule has 0 amide bonds. The van der Waals surface area contributed by atoms with Crippen molar-refractivity contribution >= 4 is 11.4 Å². The third kappa shape index (κ3) is 4.86. The van der Waals surface area contributed by atoms with Gasteiger partial charge < -0.3 is 9.80 Å². The molecule has 0 aromatic heterocycles. The van der Waals surface area contributed by atoms with Crippen molar-refractivity contribution in [3.05, 3.63) is 23.3 Å². The van der Waals surface area contributed by atoms with Crippen LogP contribution >= 0.6 is 0 Å². The molecule has 2 rings (SSSR count). The van der Waals surface area contributed by atoms with Gasteiger partial charge in [0.25, 0.3) is 0 Å². The zero-order valence-electron chi connectivity index (χ0n) is 19.7. The predicted octanol–water partition coefficient (Wildman–Crippen LogP) is 7.38. The van der Waals surface area contributed by atoms with E-state index in [0.29, 0.717) is 12.1 Å². The molecule has 2 nitrogen and oxygen atoms in total. The minimum atomic E-state index is 0.662. The van der Waals surface area contributed by atoms with E-state index in [1.54, 1.807) is 16.8 Å². The third-order valence-corrected chi connectivity index (χ3v) is 6.32. The Labute approximate surface area is 175 Å². The van der Waals surface area contributed by atoms with Crippen molar-refractivity contribution < 1.29 is 0 Å². The van der Waals surface area contributed by atoms with E-state index in [-0.39, 0.29) is 0 Å². The molecule has 0 radical (unpaired) electrons. The fourth-order valence-corrected chi connectivity index (χ4v) is 5.34. The lowest BCUT2D eigenvalue weighted by Crippen LogP contribution is -2.57. The summed E-state index contributed by atoms with van der Waals surface area (Å²) in [5.41, 5.74) is 6.40. The first kappa shape index (κ1) is 23.1. The van der Waals surface area contributed by atoms with Crippen LogP contribution in [-0.4, -0.2) is 25.2 Å². The SMILES string of the molecule is CCCc1ccc2c(c1CCC)N(CCC)C(CCC)C(CCC)N2CCC. The van der Waals surface area contributed by atoms with Crippen molar-refractivity contribution in [3.63, 3.8) is 0 Å². The molecule has 0 fully saturated rings. The van der Waals surface area contributed by atoms with E-state index in [1.807, 2.05) is 0 Å². The lowest BCUT2D eigenvalue weighted by atomic mass is 9.87. The Balaban J connectivity index is 2.69. The predicted molar refractivity (Wildman–Crippen MR) is 127 cm³/mol. The first-order valence-electron chi connectivity index (χ1n) is 12.4. The minimum absolute atomic E-state index is 0.662. The van der Waals surface area contributed by atoms with Crippen LogP contribution in [0.3, 0.4) is 0 Å². The Morgan fingerprint density at radius 3 is 1.75 bits per heavy atom. The van der Waals surface area contributed by atoms with Crippen molar-refractivity contribution in [3.8, 4) is 0 Å². The molecule has 0 aliphatic carbocycles. The Morgan fingerprint density at radius 2 is 1.21 bits per heavy atom. The molecule has 1 heterocycles. The average molecular weight is 387 g/mol. The first-order chi connectivity index (χ1) is 13.7. The summed E-state index contributed by atoms with van der Waals surface area (Å²) >= 11 is 0. The molecule has 0 saturated heterocycles. The largest absolute Gasteiger partial charge is 0.365 e. The first-order valence-corrected chi connectivity index (χ1v) is 12.4. The summed E-state index contributed by atoms with van der Waals surface area (Å²) in [6.45, 7) is 16.5. The van der Waals surface area contributed by atoms with E-state index < -0.39 is 0 Å². The minimum Gasteiger partial charge on any atom is -0.365 e. The second kappa shape index (κ2) is 11.7. The number of fused-ring (bicyclic) bond motifs is 1. The van der Waals surface area contributed by atoms with Gasteiger partial charge in [-0.05, 0) is 55.7 Å². The van der Waals surface area contributed by atoms with Gasteiger partial charge in [0.1, 0.15) is 0 Å². The van der Waals surface area contributed by atoms with Gasteiger partial charge in [-0.3, -0.25) is 0 Å². The highest BCUT2D eigenvalue weighted by molar-refractivity contribution is 5.79. The van der Waals surface area contributed by atoms with Gasteiger partial charge in [0.05, 0.1) is 11.4 Å². The van der Waals surface area contributed by atoms with E-state index >= 15 is 0 Å². The maximum Gasteiger partial charge on any atom is 0.0642 e. The van der Waals surface area contributed by atoms with E-state index in [0.717, 1.165) is 0 Å². The summed E-state index contributed by atoms with van der Waals surface area (Å²) in [5, 5.41) is 0. The second-order valence-electron chi connectivity index (χ2n) is 8.67. The Morgan fingerprint density at radius 1 is 0.643 bits per heavy atom. The van der Waals surface area contributed by atoms with Crippen molar-refractivity contribution in [2.45, 2.75) is 118 Å². The highest BCUT2D eigenvalue weighted by Gasteiger charge is 2.38. The third-order valence-electron chi connectivity index (χ3n) is 6.32. The fraction of sp³-hybridized carbons (Fsp3) is 0.769. The fourth-order valence-electron chi connectivity index (χ4n) is 5.34. The van der Waals surface area contributed by atoms with Gasteiger partial charge in [0.2, 0.25) is 0 Å². The van der Waals surface area contributed by atoms with Gasteiger partial charge in [-0.2, -0.15) is 0 Å². The van der Waals surface area contributed by atoms with E-state index in [9.17, 15) is 0 Å². The molecule has 1 aliphatic heterocycles. The molecule has 2 heteroatoms. The number of aryl methyl sites for hydroxylation is 1. The van der Waals surface area contributed by atoms with Crippen molar-refractivity contribution in [2.24, 2.45) is 0 Å². The van der Waals surface area contributed by atoms with Gasteiger partial charge in [-0.1, -0.05) is 73.3 Å². The Bertz CT molecular complexity index is 580. The molecule has 1 aliphatic rings. The van der Waals surface area contributed by atoms with Crippen LogP contribution in [-0.2, 0) is 12.8 Å². The zero-order chi connectivity index (χ0) is 20.5. The quantitative estimate of drug-likeness (QED) is 0.370. The van der Waals surface area contributed by atoms with Crippen LogP contribution in [0.15, 0.2) is 12.1 Å². The van der Waals surface area contributed by atoms with Crippen LogP contribution in [0.2, 0.25) is 0 Å². The molecule has 0 N–H and O–H groups in total. The van der Waals surface area contributed by atoms with Crippen molar-refractivity contribution in [1.29, 1.82) is 0 Å². The molecule has 1 aromatic rings. The van der Waals surface area contributed by atoms with Crippen LogP contribution < -0.4 is 9.80 Å². The van der Waals surface area contributed by atoms with E-state index in [1.165, 1.54) is 83.0 Å². The summed E-state index contributed by atoms with van der Waals surface area (Å²) in [6, 6.07) is 6.26. The van der Waals surface area contributed by atoms with Gasteiger partial charge >= 0.3 is 0 Å². The molecule has 160 valence electrons. The number of benzene rings is 1. The zero-order valence-corrected chi connectivity index (χ0v) is 19.7. The summed E-state index contributed by atoms with van der Waals surface area (Å²) in [7, 11) is 0. The number of hydrogen-bond donors (Lipinski definition) is 0. The second-order valence-corrected chi connectivity index (χ2v) is 8.67. The van der Waals surface area contributed by atoms with Gasteiger partial charge in [-0.15, -0.1) is 0 Å². The molecule has 0 bridgehead atoms. The van der Waals surface area contributed by atoms with Gasteiger partial charge in [0.15, 0.2) is 0 Å². The molecule has 0 spiro atoms. The summed E-state index contributed by atoms with van der Waals surface area (Å²) < 4.78 is 0. The van der Waals surface area contributed by atoms with E-state index in [2.05, 4.69) is 63.5 Å². The van der Waals surface area contributed by atoms with Crippen LogP contribution in [0.1, 0.15) is 104 Å². The average Bonchev–Trinajstić information content (AvgIpc) is 2.69. The molecule has 0 saturated carbocycles. The number of hydrogen-bond acceptors (Lipinski definition) is 2. The van der Waals surface area contributed by atoms with Crippen LogP contribution in [0.5, 0.6) is 0 Å². The summed E-state index contributed by atoms with van der Waals surface area (Å²) in [5.74, 6) is 0. The Kier molecular flexibility index (Phi) is 9.68. The number of anilines is 2. The summed E-state index contributed by atoms with van der Waals surface area (Å²) in [4.78, 5) is 5.66. The van der Waals surface area contributed by atoms with Crippen LogP contribution in [0.4, 0.5) is 11.4 Å². The standard InChI is InChI=1S/C26H46N2/c1-7-13-21-17-18-25-26(22(21)14-8-2)28(20-12-6)24(16-10-4)23(15-9-3)27(25)19-11-5/h17-18,23-24H,7-16,19-20H2,1-6H3. The molecular formula is C26H46N2. The van der Waals surface area contributed by atoms with Crippen LogP contribution in [0.25, 0.3) is 0 Å². The normalized spacial score (nSPS) is 19.2. The molecular weight excluding hydrogens is 340 g/mol. The van der Waals surface area contributed by atoms with Crippen molar-refractivity contribution in [1.82, 2.24) is 0 Å². The highest BCUT2D eigenvalue weighted by atomic mass is 15.3. The molecule has 2 atom stereocenters. The highest BCUT2D eigenvalue weighted by Crippen LogP contribution is 2.45. The Hall–Kier alpha value is -1.18. The maximum absolute atomic E-state index is 2.86.